The molecule has 0 spiro atoms. The van der Waals surface area contributed by atoms with E-state index < -0.39 is 0 Å². The van der Waals surface area contributed by atoms with Crippen LogP contribution in [0.5, 0.6) is 0 Å². The van der Waals surface area contributed by atoms with Crippen molar-refractivity contribution in [2.24, 2.45) is 5.92 Å². The van der Waals surface area contributed by atoms with E-state index in [1.54, 1.807) is 0 Å². The second-order valence-corrected chi connectivity index (χ2v) is 8.16. The van der Waals surface area contributed by atoms with Crippen LogP contribution in [0.25, 0.3) is 0 Å². The third-order valence-electron chi connectivity index (χ3n) is 4.78. The summed E-state index contributed by atoms with van der Waals surface area (Å²) in [6, 6.07) is 0. The molecule has 0 atom stereocenters. The van der Waals surface area contributed by atoms with Crippen molar-refractivity contribution in [1.82, 2.24) is 25.2 Å². The lowest BCUT2D eigenvalue weighted by Crippen LogP contribution is -2.40. The van der Waals surface area contributed by atoms with E-state index in [1.165, 1.54) is 39.8 Å². The van der Waals surface area contributed by atoms with Gasteiger partial charge in [0.15, 0.2) is 0 Å². The van der Waals surface area contributed by atoms with Gasteiger partial charge < -0.3 is 15.2 Å². The molecule has 4 rings (SSSR count). The van der Waals surface area contributed by atoms with Gasteiger partial charge in [-0.3, -0.25) is 5.01 Å². The fourth-order valence-electron chi connectivity index (χ4n) is 3.32. The summed E-state index contributed by atoms with van der Waals surface area (Å²) < 4.78 is 0. The molecule has 1 N–H and O–H groups in total. The Morgan fingerprint density at radius 2 is 2.13 bits per heavy atom. The zero-order chi connectivity index (χ0) is 16.0. The molecule has 1 aliphatic carbocycles. The second-order valence-electron chi connectivity index (χ2n) is 6.87. The van der Waals surface area contributed by atoms with E-state index in [0.717, 1.165) is 32.1 Å². The average molecular weight is 331 g/mol. The summed E-state index contributed by atoms with van der Waals surface area (Å²) >= 11 is 1.83. The number of hydrazine groups is 1. The monoisotopic (exact) mass is 331 g/mol. The quantitative estimate of drug-likeness (QED) is 0.896. The minimum atomic E-state index is 0.875. The van der Waals surface area contributed by atoms with Crippen molar-refractivity contribution in [3.8, 4) is 0 Å². The molecule has 1 saturated carbocycles. The number of nitrogens with one attached hydrogen (secondary N) is 1. The largest absolute Gasteiger partial charge is 0.358 e. The molecule has 124 valence electrons. The first kappa shape index (κ1) is 14.9. The number of thiazole rings is 1. The first-order chi connectivity index (χ1) is 11.1. The molecule has 1 aromatic rings. The van der Waals surface area contributed by atoms with Crippen LogP contribution >= 0.6 is 11.3 Å². The summed E-state index contributed by atoms with van der Waals surface area (Å²) in [5, 5.41) is 3.49. The van der Waals surface area contributed by atoms with Crippen molar-refractivity contribution in [2.45, 2.75) is 33.1 Å². The molecule has 0 saturated heterocycles. The SMILES string of the molecule is Cc1nc(C)c(CCN2C=C3C(=CNN3CC3CC3)N(C)C2)s1. The Kier molecular flexibility index (Phi) is 3.71. The van der Waals surface area contributed by atoms with Crippen molar-refractivity contribution < 1.29 is 0 Å². The first-order valence-electron chi connectivity index (χ1n) is 8.44. The topological polar surface area (TPSA) is 34.6 Å². The second kappa shape index (κ2) is 5.74. The summed E-state index contributed by atoms with van der Waals surface area (Å²) in [4.78, 5) is 10.7. The van der Waals surface area contributed by atoms with Gasteiger partial charge in [-0.1, -0.05) is 0 Å². The van der Waals surface area contributed by atoms with E-state index in [-0.39, 0.29) is 0 Å². The molecule has 0 unspecified atom stereocenters. The number of likely N-dealkylation sites (N-methyl/N-ethyl adjacent to an activating group) is 1. The fraction of sp³-hybridized carbons (Fsp3) is 0.588. The molecule has 0 amide bonds. The molecule has 1 aromatic heterocycles. The van der Waals surface area contributed by atoms with Crippen molar-refractivity contribution in [2.75, 3.05) is 26.8 Å². The molecular formula is C17H25N5S. The first-order valence-corrected chi connectivity index (χ1v) is 9.26. The summed E-state index contributed by atoms with van der Waals surface area (Å²) in [5.41, 5.74) is 7.27. The third kappa shape index (κ3) is 3.04. The predicted octanol–water partition coefficient (Wildman–Crippen LogP) is 2.42. The van der Waals surface area contributed by atoms with E-state index in [9.17, 15) is 0 Å². The van der Waals surface area contributed by atoms with Crippen molar-refractivity contribution in [3.63, 3.8) is 0 Å². The normalized spacial score (nSPS) is 20.4. The van der Waals surface area contributed by atoms with Crippen molar-refractivity contribution in [1.29, 1.82) is 0 Å². The molecule has 0 aromatic carbocycles. The van der Waals surface area contributed by atoms with Gasteiger partial charge in [-0.15, -0.1) is 11.3 Å². The maximum absolute atomic E-state index is 4.54. The minimum Gasteiger partial charge on any atom is -0.358 e. The van der Waals surface area contributed by atoms with Gasteiger partial charge in [-0.05, 0) is 32.6 Å². The molecule has 3 aliphatic rings. The van der Waals surface area contributed by atoms with E-state index in [2.05, 4.69) is 58.5 Å². The number of hydrogen-bond donors (Lipinski definition) is 1. The highest BCUT2D eigenvalue weighted by Gasteiger charge is 2.32. The maximum Gasteiger partial charge on any atom is 0.0980 e. The standard InChI is InChI=1S/C17H25N5S/c1-12-17(23-13(2)19-12)6-7-21-10-16-15(20(3)11-21)8-18-22(16)9-14-4-5-14/h8,10,14,18H,4-7,9,11H2,1-3H3. The number of nitrogens with zero attached hydrogens (tertiary/aromatic N) is 4. The Labute approximate surface area is 142 Å². The van der Waals surface area contributed by atoms with Crippen LogP contribution < -0.4 is 5.43 Å². The van der Waals surface area contributed by atoms with Crippen LogP contribution in [0.4, 0.5) is 0 Å². The van der Waals surface area contributed by atoms with Gasteiger partial charge in [0.25, 0.3) is 0 Å². The van der Waals surface area contributed by atoms with Gasteiger partial charge in [-0.25, -0.2) is 4.98 Å². The number of aryl methyl sites for hydroxylation is 2. The predicted molar refractivity (Wildman–Crippen MR) is 93.4 cm³/mol. The zero-order valence-electron chi connectivity index (χ0n) is 14.2. The van der Waals surface area contributed by atoms with Crippen molar-refractivity contribution >= 4 is 11.3 Å². The maximum atomic E-state index is 4.54. The van der Waals surface area contributed by atoms with E-state index in [0.29, 0.717) is 0 Å². The Hall–Kier alpha value is -1.69. The fourth-order valence-corrected chi connectivity index (χ4v) is 4.25. The van der Waals surface area contributed by atoms with Crippen LogP contribution in [0.3, 0.4) is 0 Å². The highest BCUT2D eigenvalue weighted by molar-refractivity contribution is 7.11. The van der Waals surface area contributed by atoms with Crippen LogP contribution in [0.2, 0.25) is 0 Å². The van der Waals surface area contributed by atoms with E-state index >= 15 is 0 Å². The molecule has 0 bridgehead atoms. The lowest BCUT2D eigenvalue weighted by molar-refractivity contribution is 0.203. The molecule has 5 nitrogen and oxygen atoms in total. The van der Waals surface area contributed by atoms with E-state index in [4.69, 9.17) is 0 Å². The van der Waals surface area contributed by atoms with Gasteiger partial charge in [0.1, 0.15) is 0 Å². The molecule has 23 heavy (non-hydrogen) atoms. The Bertz CT molecular complexity index is 658. The van der Waals surface area contributed by atoms with Crippen LogP contribution in [0.1, 0.15) is 28.4 Å². The Morgan fingerprint density at radius 1 is 1.30 bits per heavy atom. The lowest BCUT2D eigenvalue weighted by atomic mass is 10.2. The van der Waals surface area contributed by atoms with Gasteiger partial charge in [0.05, 0.1) is 28.8 Å². The summed E-state index contributed by atoms with van der Waals surface area (Å²) in [6.45, 7) is 7.33. The Balaban J connectivity index is 1.45. The summed E-state index contributed by atoms with van der Waals surface area (Å²) in [7, 11) is 2.18. The minimum absolute atomic E-state index is 0.875. The lowest BCUT2D eigenvalue weighted by Gasteiger charge is -2.36. The Morgan fingerprint density at radius 3 is 2.83 bits per heavy atom. The highest BCUT2D eigenvalue weighted by atomic mass is 32.1. The van der Waals surface area contributed by atoms with Gasteiger partial charge >= 0.3 is 0 Å². The summed E-state index contributed by atoms with van der Waals surface area (Å²) in [5.74, 6) is 0.875. The molecule has 6 heteroatoms. The summed E-state index contributed by atoms with van der Waals surface area (Å²) in [6.07, 6.45) is 8.30. The van der Waals surface area contributed by atoms with Gasteiger partial charge in [0.2, 0.25) is 0 Å². The smallest absolute Gasteiger partial charge is 0.0980 e. The molecule has 3 heterocycles. The van der Waals surface area contributed by atoms with Crippen LogP contribution in [0.15, 0.2) is 23.8 Å². The molecule has 2 aliphatic heterocycles. The van der Waals surface area contributed by atoms with Crippen LogP contribution in [-0.2, 0) is 6.42 Å². The van der Waals surface area contributed by atoms with Crippen LogP contribution in [-0.4, -0.2) is 46.6 Å². The molecule has 0 radical (unpaired) electrons. The van der Waals surface area contributed by atoms with Gasteiger partial charge in [-0.2, -0.15) is 0 Å². The van der Waals surface area contributed by atoms with Crippen molar-refractivity contribution in [3.05, 3.63) is 39.4 Å². The number of fused-ring (bicyclic) bond motifs is 1. The number of rotatable bonds is 5. The molecule has 1 fully saturated rings. The van der Waals surface area contributed by atoms with Gasteiger partial charge in [0, 0.05) is 43.8 Å². The van der Waals surface area contributed by atoms with E-state index in [1.807, 2.05) is 11.3 Å². The highest BCUT2D eigenvalue weighted by Crippen LogP contribution is 2.34. The molecular weight excluding hydrogens is 306 g/mol. The average Bonchev–Trinajstić information content (AvgIpc) is 3.14. The van der Waals surface area contributed by atoms with Crippen LogP contribution in [0, 0.1) is 19.8 Å². The third-order valence-corrected chi connectivity index (χ3v) is 5.92. The number of hydrogen-bond acceptors (Lipinski definition) is 6. The zero-order valence-corrected chi connectivity index (χ0v) is 15.0. The number of aromatic nitrogens is 1.